The first-order chi connectivity index (χ1) is 12.8. The Labute approximate surface area is 164 Å². The summed E-state index contributed by atoms with van der Waals surface area (Å²) in [4.78, 5) is 35.8. The van der Waals surface area contributed by atoms with Gasteiger partial charge in [0.25, 0.3) is 11.6 Å². The van der Waals surface area contributed by atoms with E-state index in [1.54, 1.807) is 30.3 Å². The lowest BCUT2D eigenvalue weighted by Gasteiger charge is -2.13. The number of thioether (sulfide) groups is 1. The second-order valence-electron chi connectivity index (χ2n) is 5.59. The molecule has 0 radical (unpaired) electrons. The Morgan fingerprint density at radius 3 is 2.37 bits per heavy atom. The van der Waals surface area contributed by atoms with Crippen LogP contribution in [0.15, 0.2) is 53.4 Å². The van der Waals surface area contributed by atoms with Crippen molar-refractivity contribution in [2.75, 3.05) is 10.2 Å². The molecule has 0 unspecified atom stereocenters. The molecule has 1 aliphatic rings. The second-order valence-corrected chi connectivity index (χ2v) is 7.27. The van der Waals surface area contributed by atoms with E-state index in [0.717, 1.165) is 17.3 Å². The fourth-order valence-electron chi connectivity index (χ4n) is 2.43. The Balaban J connectivity index is 1.81. The van der Waals surface area contributed by atoms with Gasteiger partial charge in [-0.1, -0.05) is 36.1 Å². The summed E-state index contributed by atoms with van der Waals surface area (Å²) >= 11 is 6.45. The smallest absolute Gasteiger partial charge is 0.270 e. The van der Waals surface area contributed by atoms with Crippen LogP contribution in [0.3, 0.4) is 0 Å². The minimum absolute atomic E-state index is 0.0565. The maximum Gasteiger partial charge on any atom is 0.270 e. The maximum absolute atomic E-state index is 12.7. The van der Waals surface area contributed by atoms with Crippen molar-refractivity contribution in [3.63, 3.8) is 0 Å². The maximum atomic E-state index is 12.7. The third-order valence-electron chi connectivity index (χ3n) is 3.64. The monoisotopic (exact) mass is 399 g/mol. The van der Waals surface area contributed by atoms with Gasteiger partial charge in [-0.15, -0.1) is 0 Å². The summed E-state index contributed by atoms with van der Waals surface area (Å²) in [5.41, 5.74) is 1.87. The summed E-state index contributed by atoms with van der Waals surface area (Å²) in [5, 5.41) is 13.4. The van der Waals surface area contributed by atoms with Crippen LogP contribution < -0.4 is 10.2 Å². The van der Waals surface area contributed by atoms with Crippen molar-refractivity contribution in [2.45, 2.75) is 6.92 Å². The lowest BCUT2D eigenvalue weighted by molar-refractivity contribution is -0.384. The van der Waals surface area contributed by atoms with E-state index >= 15 is 0 Å². The number of carbonyl (C=O) groups excluding carboxylic acids is 2. The molecule has 0 saturated carbocycles. The highest BCUT2D eigenvalue weighted by Crippen LogP contribution is 2.36. The summed E-state index contributed by atoms with van der Waals surface area (Å²) in [5.74, 6) is -0.448. The quantitative estimate of drug-likeness (QED) is 0.362. The van der Waals surface area contributed by atoms with E-state index in [1.165, 1.54) is 36.1 Å². The number of nitro benzene ring substituents is 1. The van der Waals surface area contributed by atoms with Crippen molar-refractivity contribution in [2.24, 2.45) is 0 Å². The Kier molecular flexibility index (Phi) is 5.33. The second kappa shape index (κ2) is 7.68. The third kappa shape index (κ3) is 4.21. The lowest BCUT2D eigenvalue weighted by atomic mass is 10.2. The van der Waals surface area contributed by atoms with Crippen LogP contribution >= 0.6 is 24.0 Å². The Bertz CT molecular complexity index is 969. The Morgan fingerprint density at radius 2 is 1.81 bits per heavy atom. The molecule has 2 aromatic carbocycles. The minimum atomic E-state index is -0.501. The number of nitro groups is 1. The van der Waals surface area contributed by atoms with Crippen molar-refractivity contribution in [1.29, 1.82) is 0 Å². The molecular formula is C18H13N3O4S2. The van der Waals surface area contributed by atoms with E-state index in [2.05, 4.69) is 5.32 Å². The molecule has 9 heteroatoms. The predicted octanol–water partition coefficient (Wildman–Crippen LogP) is 3.96. The van der Waals surface area contributed by atoms with Gasteiger partial charge in [0, 0.05) is 24.7 Å². The molecule has 0 aliphatic carbocycles. The largest absolute Gasteiger partial charge is 0.326 e. The number of anilines is 2. The van der Waals surface area contributed by atoms with E-state index in [-0.39, 0.29) is 17.5 Å². The summed E-state index contributed by atoms with van der Waals surface area (Å²) in [6.07, 6.45) is 1.71. The molecule has 27 heavy (non-hydrogen) atoms. The van der Waals surface area contributed by atoms with Crippen molar-refractivity contribution < 1.29 is 14.5 Å². The number of hydrogen-bond acceptors (Lipinski definition) is 6. The summed E-state index contributed by atoms with van der Waals surface area (Å²) in [6, 6.07) is 12.7. The zero-order valence-corrected chi connectivity index (χ0v) is 15.7. The molecule has 2 amide bonds. The Morgan fingerprint density at radius 1 is 1.19 bits per heavy atom. The lowest BCUT2D eigenvalue weighted by Crippen LogP contribution is -2.27. The average molecular weight is 399 g/mol. The molecule has 1 fully saturated rings. The van der Waals surface area contributed by atoms with Crippen molar-refractivity contribution in [1.82, 2.24) is 0 Å². The van der Waals surface area contributed by atoms with E-state index in [4.69, 9.17) is 12.2 Å². The van der Waals surface area contributed by atoms with Gasteiger partial charge in [0.2, 0.25) is 5.91 Å². The van der Waals surface area contributed by atoms with Gasteiger partial charge in [0.1, 0.15) is 0 Å². The molecule has 136 valence electrons. The average Bonchev–Trinajstić information content (AvgIpc) is 2.90. The zero-order valence-electron chi connectivity index (χ0n) is 14.0. The van der Waals surface area contributed by atoms with Crippen LogP contribution in [0.4, 0.5) is 17.1 Å². The number of nitrogens with zero attached hydrogens (tertiary/aromatic N) is 2. The van der Waals surface area contributed by atoms with Crippen molar-refractivity contribution in [3.05, 3.63) is 69.1 Å². The first-order valence-electron chi connectivity index (χ1n) is 7.75. The third-order valence-corrected chi connectivity index (χ3v) is 4.94. The molecule has 1 aliphatic heterocycles. The van der Waals surface area contributed by atoms with Gasteiger partial charge in [-0.3, -0.25) is 24.6 Å². The van der Waals surface area contributed by atoms with Gasteiger partial charge in [0.05, 0.1) is 15.5 Å². The van der Waals surface area contributed by atoms with Crippen LogP contribution in [0.5, 0.6) is 0 Å². The van der Waals surface area contributed by atoms with Crippen LogP contribution in [-0.4, -0.2) is 21.1 Å². The van der Waals surface area contributed by atoms with Crippen LogP contribution in [0.2, 0.25) is 0 Å². The van der Waals surface area contributed by atoms with E-state index in [9.17, 15) is 19.7 Å². The molecule has 0 atom stereocenters. The topological polar surface area (TPSA) is 92.6 Å². The molecule has 7 nitrogen and oxygen atoms in total. The van der Waals surface area contributed by atoms with Crippen LogP contribution in [0.25, 0.3) is 6.08 Å². The number of nitrogens with one attached hydrogen (secondary N) is 1. The number of hydrogen-bond donors (Lipinski definition) is 1. The number of benzene rings is 2. The van der Waals surface area contributed by atoms with Gasteiger partial charge in [-0.25, -0.2) is 0 Å². The fraction of sp³-hybridized carbons (Fsp3) is 0.0556. The molecule has 0 bridgehead atoms. The molecule has 0 aromatic heterocycles. The molecule has 1 heterocycles. The standard InChI is InChI=1S/C18H13N3O4S2/c1-11(22)19-13-4-2-12(3-5-13)10-16-17(23)20(18(26)27-16)14-6-8-15(9-7-14)21(24)25/h2-10H,1H3,(H,19,22)/b16-10+. The molecular weight excluding hydrogens is 386 g/mol. The van der Waals surface area contributed by atoms with Crippen LogP contribution in [0, 0.1) is 10.1 Å². The molecule has 2 aromatic rings. The highest BCUT2D eigenvalue weighted by Gasteiger charge is 2.33. The summed E-state index contributed by atoms with van der Waals surface area (Å²) < 4.78 is 0.356. The molecule has 1 saturated heterocycles. The number of thiocarbonyl (C=S) groups is 1. The van der Waals surface area contributed by atoms with Gasteiger partial charge in [0.15, 0.2) is 4.32 Å². The highest BCUT2D eigenvalue weighted by molar-refractivity contribution is 8.27. The van der Waals surface area contributed by atoms with Crippen LogP contribution in [-0.2, 0) is 9.59 Å². The first-order valence-corrected chi connectivity index (χ1v) is 8.98. The van der Waals surface area contributed by atoms with Crippen LogP contribution in [0.1, 0.15) is 12.5 Å². The molecule has 0 spiro atoms. The number of non-ortho nitro benzene ring substituents is 1. The highest BCUT2D eigenvalue weighted by atomic mass is 32.2. The van der Waals surface area contributed by atoms with Crippen molar-refractivity contribution >= 4 is 63.3 Å². The van der Waals surface area contributed by atoms with Gasteiger partial charge >= 0.3 is 0 Å². The summed E-state index contributed by atoms with van der Waals surface area (Å²) in [7, 11) is 0. The summed E-state index contributed by atoms with van der Waals surface area (Å²) in [6.45, 7) is 1.43. The number of carbonyl (C=O) groups is 2. The van der Waals surface area contributed by atoms with E-state index in [1.807, 2.05) is 0 Å². The van der Waals surface area contributed by atoms with Gasteiger partial charge in [-0.2, -0.15) is 0 Å². The van der Waals surface area contributed by atoms with Crippen molar-refractivity contribution in [3.8, 4) is 0 Å². The molecule has 3 rings (SSSR count). The first kappa shape index (κ1) is 18.7. The number of rotatable bonds is 4. The Hall–Kier alpha value is -3.04. The SMILES string of the molecule is CC(=O)Nc1ccc(/C=C2/SC(=S)N(c3ccc([N+](=O)[O-])cc3)C2=O)cc1. The van der Waals surface area contributed by atoms with E-state index in [0.29, 0.717) is 20.6 Å². The predicted molar refractivity (Wildman–Crippen MR) is 109 cm³/mol. The van der Waals surface area contributed by atoms with E-state index < -0.39 is 4.92 Å². The zero-order chi connectivity index (χ0) is 19.6. The molecule has 1 N–H and O–H groups in total. The normalized spacial score (nSPS) is 15.3. The minimum Gasteiger partial charge on any atom is -0.326 e. The fourth-order valence-corrected chi connectivity index (χ4v) is 3.73. The number of amides is 2. The van der Waals surface area contributed by atoms with Gasteiger partial charge in [-0.05, 0) is 35.9 Å². The van der Waals surface area contributed by atoms with Gasteiger partial charge < -0.3 is 5.32 Å².